The Morgan fingerprint density at radius 1 is 1.00 bits per heavy atom. The van der Waals surface area contributed by atoms with Crippen molar-refractivity contribution in [1.29, 1.82) is 0 Å². The van der Waals surface area contributed by atoms with Crippen LogP contribution in [0.15, 0.2) is 12.3 Å². The van der Waals surface area contributed by atoms with E-state index in [1.807, 2.05) is 6.26 Å². The molecular weight excluding hydrogens is 188 g/mol. The quantitative estimate of drug-likeness (QED) is 0.323. The van der Waals surface area contributed by atoms with Gasteiger partial charge in [0.25, 0.3) is 0 Å². The number of hydrogen-bond donors (Lipinski definition) is 0. The summed E-state index contributed by atoms with van der Waals surface area (Å²) in [6.07, 6.45) is 12.0. The third kappa shape index (κ3) is 11.8. The Morgan fingerprint density at radius 3 is 2.21 bits per heavy atom. The van der Waals surface area contributed by atoms with Gasteiger partial charge in [0, 0.05) is 0 Å². The van der Waals surface area contributed by atoms with Crippen LogP contribution in [0.2, 0.25) is 19.6 Å². The van der Waals surface area contributed by atoms with Gasteiger partial charge in [-0.25, -0.2) is 0 Å². The highest BCUT2D eigenvalue weighted by molar-refractivity contribution is 6.69. The van der Waals surface area contributed by atoms with Gasteiger partial charge in [-0.3, -0.25) is 0 Å². The van der Waals surface area contributed by atoms with E-state index in [0.717, 1.165) is 0 Å². The molecule has 0 fully saturated rings. The second-order valence-corrected chi connectivity index (χ2v) is 9.27. The van der Waals surface area contributed by atoms with E-state index in [2.05, 4.69) is 32.6 Å². The van der Waals surface area contributed by atoms with Crippen LogP contribution in [0.3, 0.4) is 0 Å². The molecule has 0 radical (unpaired) electrons. The van der Waals surface area contributed by atoms with Gasteiger partial charge in [-0.1, -0.05) is 38.7 Å². The molecule has 0 aliphatic heterocycles. The number of unbranched alkanes of at least 4 members (excludes halogenated alkanes) is 5. The molecular formula is C12H26OSi. The van der Waals surface area contributed by atoms with E-state index >= 15 is 0 Å². The summed E-state index contributed by atoms with van der Waals surface area (Å²) < 4.78 is 5.62. The number of allylic oxidation sites excluding steroid dienone is 1. The van der Waals surface area contributed by atoms with E-state index < -0.39 is 8.32 Å². The lowest BCUT2D eigenvalue weighted by molar-refractivity contribution is 0.476. The summed E-state index contributed by atoms with van der Waals surface area (Å²) in [5, 5.41) is 0. The highest BCUT2D eigenvalue weighted by Crippen LogP contribution is 2.07. The van der Waals surface area contributed by atoms with Crippen molar-refractivity contribution >= 4 is 8.32 Å². The van der Waals surface area contributed by atoms with Gasteiger partial charge >= 0.3 is 0 Å². The molecule has 0 saturated carbocycles. The first-order valence-corrected chi connectivity index (χ1v) is 9.30. The summed E-state index contributed by atoms with van der Waals surface area (Å²) in [7, 11) is -1.33. The standard InChI is InChI=1S/C12H26OSi/c1-5-6-7-8-9-10-11-12-13-14(2,3)4/h11-12H,5-10H2,1-4H3/b12-11+. The molecule has 0 aromatic heterocycles. The van der Waals surface area contributed by atoms with Crippen molar-refractivity contribution in [3.05, 3.63) is 12.3 Å². The maximum Gasteiger partial charge on any atom is 0.241 e. The van der Waals surface area contributed by atoms with Gasteiger partial charge in [0.2, 0.25) is 8.32 Å². The van der Waals surface area contributed by atoms with Crippen LogP contribution in [0, 0.1) is 0 Å². The third-order valence-corrected chi connectivity index (χ3v) is 2.84. The molecule has 0 N–H and O–H groups in total. The molecule has 0 aromatic rings. The molecule has 0 aromatic carbocycles. The first-order chi connectivity index (χ1) is 6.56. The molecule has 2 heteroatoms. The average Bonchev–Trinajstić information content (AvgIpc) is 2.08. The van der Waals surface area contributed by atoms with Gasteiger partial charge in [0.15, 0.2) is 0 Å². The topological polar surface area (TPSA) is 9.23 Å². The Hall–Kier alpha value is -0.243. The van der Waals surface area contributed by atoms with Crippen LogP contribution in [-0.4, -0.2) is 8.32 Å². The molecule has 0 aliphatic carbocycles. The van der Waals surface area contributed by atoms with Gasteiger partial charge in [-0.05, 0) is 32.5 Å². The van der Waals surface area contributed by atoms with Crippen molar-refractivity contribution in [2.24, 2.45) is 0 Å². The second-order valence-electron chi connectivity index (χ2n) is 4.80. The van der Waals surface area contributed by atoms with E-state index in [1.54, 1.807) is 0 Å². The largest absolute Gasteiger partial charge is 0.550 e. The van der Waals surface area contributed by atoms with Gasteiger partial charge in [0.05, 0.1) is 6.26 Å². The minimum Gasteiger partial charge on any atom is -0.550 e. The monoisotopic (exact) mass is 214 g/mol. The van der Waals surface area contributed by atoms with Gasteiger partial charge in [-0.2, -0.15) is 0 Å². The Morgan fingerprint density at radius 2 is 1.64 bits per heavy atom. The zero-order valence-electron chi connectivity index (χ0n) is 10.3. The van der Waals surface area contributed by atoms with Crippen molar-refractivity contribution in [2.75, 3.05) is 0 Å². The Bertz CT molecular complexity index is 147. The summed E-state index contributed by atoms with van der Waals surface area (Å²) >= 11 is 0. The highest BCUT2D eigenvalue weighted by atomic mass is 28.4. The Kier molecular flexibility index (Phi) is 7.96. The Labute approximate surface area is 90.7 Å². The minimum atomic E-state index is -1.33. The second kappa shape index (κ2) is 8.10. The fourth-order valence-electron chi connectivity index (χ4n) is 1.19. The molecule has 0 atom stereocenters. The number of hydrogen-bond acceptors (Lipinski definition) is 1. The van der Waals surface area contributed by atoms with E-state index in [4.69, 9.17) is 4.43 Å². The Balaban J connectivity index is 3.19. The fourth-order valence-corrected chi connectivity index (χ4v) is 1.69. The molecule has 0 aliphatic rings. The predicted molar refractivity (Wildman–Crippen MR) is 66.9 cm³/mol. The SMILES string of the molecule is CCCCCCC/C=C/O[Si](C)(C)C. The van der Waals surface area contributed by atoms with Crippen molar-refractivity contribution in [3.63, 3.8) is 0 Å². The van der Waals surface area contributed by atoms with E-state index in [0.29, 0.717) is 0 Å². The van der Waals surface area contributed by atoms with Crippen LogP contribution in [0.25, 0.3) is 0 Å². The van der Waals surface area contributed by atoms with Crippen LogP contribution in [0.4, 0.5) is 0 Å². The van der Waals surface area contributed by atoms with Crippen LogP contribution >= 0.6 is 0 Å². The molecule has 0 heterocycles. The summed E-state index contributed by atoms with van der Waals surface area (Å²) in [5.74, 6) is 0. The van der Waals surface area contributed by atoms with Crippen molar-refractivity contribution in [3.8, 4) is 0 Å². The summed E-state index contributed by atoms with van der Waals surface area (Å²) in [6, 6.07) is 0. The van der Waals surface area contributed by atoms with E-state index in [9.17, 15) is 0 Å². The molecule has 0 bridgehead atoms. The summed E-state index contributed by atoms with van der Waals surface area (Å²) in [6.45, 7) is 8.87. The lowest BCUT2D eigenvalue weighted by Crippen LogP contribution is -2.21. The molecule has 14 heavy (non-hydrogen) atoms. The predicted octanol–water partition coefficient (Wildman–Crippen LogP) is 4.71. The maximum atomic E-state index is 5.62. The molecule has 0 amide bonds. The molecule has 1 nitrogen and oxygen atoms in total. The summed E-state index contributed by atoms with van der Waals surface area (Å²) in [4.78, 5) is 0. The first kappa shape index (κ1) is 13.8. The lowest BCUT2D eigenvalue weighted by atomic mass is 10.1. The van der Waals surface area contributed by atoms with Crippen molar-refractivity contribution in [1.82, 2.24) is 0 Å². The normalized spacial score (nSPS) is 12.3. The average molecular weight is 214 g/mol. The maximum absolute atomic E-state index is 5.62. The molecule has 0 saturated heterocycles. The fraction of sp³-hybridized carbons (Fsp3) is 0.833. The van der Waals surface area contributed by atoms with Crippen LogP contribution < -0.4 is 0 Å². The minimum absolute atomic E-state index is 1.17. The van der Waals surface area contributed by atoms with E-state index in [-0.39, 0.29) is 0 Å². The molecule has 0 rings (SSSR count). The van der Waals surface area contributed by atoms with E-state index in [1.165, 1.54) is 38.5 Å². The highest BCUT2D eigenvalue weighted by Gasteiger charge is 2.12. The first-order valence-electron chi connectivity index (χ1n) is 5.89. The molecule has 0 unspecified atom stereocenters. The van der Waals surface area contributed by atoms with Crippen molar-refractivity contribution < 1.29 is 4.43 Å². The van der Waals surface area contributed by atoms with Crippen LogP contribution in [-0.2, 0) is 4.43 Å². The van der Waals surface area contributed by atoms with Crippen molar-refractivity contribution in [2.45, 2.75) is 65.1 Å². The van der Waals surface area contributed by atoms with Gasteiger partial charge in [-0.15, -0.1) is 0 Å². The molecule has 0 spiro atoms. The number of rotatable bonds is 8. The lowest BCUT2D eigenvalue weighted by Gasteiger charge is -2.14. The molecule has 84 valence electrons. The van der Waals surface area contributed by atoms with Crippen LogP contribution in [0.5, 0.6) is 0 Å². The third-order valence-electron chi connectivity index (χ3n) is 1.99. The van der Waals surface area contributed by atoms with Gasteiger partial charge in [0.1, 0.15) is 0 Å². The van der Waals surface area contributed by atoms with Gasteiger partial charge < -0.3 is 4.43 Å². The smallest absolute Gasteiger partial charge is 0.241 e. The zero-order valence-corrected chi connectivity index (χ0v) is 11.3. The zero-order chi connectivity index (χ0) is 10.9. The summed E-state index contributed by atoms with van der Waals surface area (Å²) in [5.41, 5.74) is 0. The van der Waals surface area contributed by atoms with Crippen LogP contribution in [0.1, 0.15) is 45.4 Å².